The van der Waals surface area contributed by atoms with Gasteiger partial charge >= 0.3 is 12.1 Å². The van der Waals surface area contributed by atoms with Gasteiger partial charge in [0, 0.05) is 24.5 Å². The molecule has 0 aliphatic rings. The van der Waals surface area contributed by atoms with Crippen molar-refractivity contribution in [2.45, 2.75) is 0 Å². The third kappa shape index (κ3) is 6.32. The van der Waals surface area contributed by atoms with Crippen LogP contribution in [0.4, 0.5) is 35.4 Å². The zero-order chi connectivity index (χ0) is 23.1. The summed E-state index contributed by atoms with van der Waals surface area (Å²) in [7, 11) is 0. The molecule has 3 rings (SSSR count). The number of halogens is 4. The van der Waals surface area contributed by atoms with E-state index in [-0.39, 0.29) is 23.8 Å². The molecule has 0 aromatic heterocycles. The van der Waals surface area contributed by atoms with Gasteiger partial charge in [-0.3, -0.25) is 4.90 Å². The maximum absolute atomic E-state index is 13.9. The topological polar surface area (TPSA) is 73.5 Å². The third-order valence-corrected chi connectivity index (χ3v) is 5.04. The summed E-state index contributed by atoms with van der Waals surface area (Å²) < 4.78 is 27.2. The smallest absolute Gasteiger partial charge is 0.326 e. The van der Waals surface area contributed by atoms with Crippen molar-refractivity contribution in [3.05, 3.63) is 88.4 Å². The van der Waals surface area contributed by atoms with Gasteiger partial charge in [0.2, 0.25) is 0 Å². The van der Waals surface area contributed by atoms with Crippen molar-refractivity contribution in [3.8, 4) is 0 Å². The van der Waals surface area contributed by atoms with Crippen molar-refractivity contribution in [1.29, 1.82) is 0 Å². The summed E-state index contributed by atoms with van der Waals surface area (Å²) in [6.07, 6.45) is 0. The normalized spacial score (nSPS) is 10.4. The maximum Gasteiger partial charge on any atom is 0.326 e. The van der Waals surface area contributed by atoms with E-state index in [2.05, 4.69) is 16.0 Å². The van der Waals surface area contributed by atoms with Gasteiger partial charge < -0.3 is 16.0 Å². The molecule has 0 radical (unpaired) electrons. The van der Waals surface area contributed by atoms with Gasteiger partial charge in [0.1, 0.15) is 11.6 Å². The van der Waals surface area contributed by atoms with Crippen LogP contribution >= 0.6 is 23.2 Å². The Labute approximate surface area is 193 Å². The Bertz CT molecular complexity index is 1110. The molecule has 0 bridgehead atoms. The molecule has 0 spiro atoms. The van der Waals surface area contributed by atoms with Crippen molar-refractivity contribution in [3.63, 3.8) is 0 Å². The van der Waals surface area contributed by atoms with Crippen LogP contribution < -0.4 is 20.9 Å². The number of hydrogen-bond acceptors (Lipinski definition) is 2. The monoisotopic (exact) mass is 478 g/mol. The summed E-state index contributed by atoms with van der Waals surface area (Å²) in [6.45, 7) is 0.0793. The van der Waals surface area contributed by atoms with Crippen LogP contribution in [0.3, 0.4) is 0 Å². The number of anilines is 3. The fourth-order valence-electron chi connectivity index (χ4n) is 2.74. The summed E-state index contributed by atoms with van der Waals surface area (Å²) in [5.74, 6) is -1.07. The highest BCUT2D eigenvalue weighted by Gasteiger charge is 2.18. The Balaban J connectivity index is 1.65. The van der Waals surface area contributed by atoms with Gasteiger partial charge in [0.05, 0.1) is 15.7 Å². The molecule has 3 N–H and O–H groups in total. The minimum Gasteiger partial charge on any atom is -0.336 e. The Morgan fingerprint density at radius 1 is 0.875 bits per heavy atom. The SMILES string of the molecule is O=C(NCCN(C(=O)Nc1ccccc1F)c1ccc(F)cc1)Nc1ccc(Cl)c(Cl)c1. The molecule has 0 heterocycles. The Morgan fingerprint density at radius 2 is 1.59 bits per heavy atom. The molecule has 3 aromatic rings. The van der Waals surface area contributed by atoms with Crippen molar-refractivity contribution >= 4 is 52.3 Å². The lowest BCUT2D eigenvalue weighted by molar-refractivity contribution is 0.250. The van der Waals surface area contributed by atoms with Crippen molar-refractivity contribution in [1.82, 2.24) is 5.32 Å². The number of carbonyl (C=O) groups is 2. The molecule has 3 aromatic carbocycles. The van der Waals surface area contributed by atoms with E-state index in [0.29, 0.717) is 16.4 Å². The molecular formula is C22H18Cl2F2N4O2. The second-order valence-corrected chi connectivity index (χ2v) is 7.36. The van der Waals surface area contributed by atoms with Crippen LogP contribution in [0.25, 0.3) is 0 Å². The number of benzene rings is 3. The first-order chi connectivity index (χ1) is 15.3. The van der Waals surface area contributed by atoms with Gasteiger partial charge in [-0.25, -0.2) is 18.4 Å². The van der Waals surface area contributed by atoms with E-state index >= 15 is 0 Å². The number of hydrogen-bond donors (Lipinski definition) is 3. The fraction of sp³-hybridized carbons (Fsp3) is 0.0909. The summed E-state index contributed by atoms with van der Waals surface area (Å²) in [5.41, 5.74) is 0.798. The number of urea groups is 2. The average Bonchev–Trinajstić information content (AvgIpc) is 2.76. The van der Waals surface area contributed by atoms with Gasteiger partial charge in [-0.05, 0) is 54.6 Å². The lowest BCUT2D eigenvalue weighted by Crippen LogP contribution is -2.42. The molecule has 166 valence electrons. The zero-order valence-corrected chi connectivity index (χ0v) is 18.1. The van der Waals surface area contributed by atoms with Crippen LogP contribution in [-0.4, -0.2) is 25.2 Å². The van der Waals surface area contributed by atoms with Crippen molar-refractivity contribution in [2.75, 3.05) is 28.6 Å². The van der Waals surface area contributed by atoms with Gasteiger partial charge in [-0.2, -0.15) is 0 Å². The number of rotatable bonds is 6. The maximum atomic E-state index is 13.9. The summed E-state index contributed by atoms with van der Waals surface area (Å²) in [4.78, 5) is 26.2. The number of carbonyl (C=O) groups excluding carboxylic acids is 2. The Kier molecular flexibility index (Phi) is 7.86. The molecule has 0 aliphatic carbocycles. The van der Waals surface area contributed by atoms with Gasteiger partial charge in [-0.1, -0.05) is 35.3 Å². The van der Waals surface area contributed by atoms with E-state index in [0.717, 1.165) is 0 Å². The van der Waals surface area contributed by atoms with Gasteiger partial charge in [-0.15, -0.1) is 0 Å². The number of para-hydroxylation sites is 1. The van der Waals surface area contributed by atoms with E-state index in [4.69, 9.17) is 23.2 Å². The van der Waals surface area contributed by atoms with E-state index in [1.165, 1.54) is 53.4 Å². The molecule has 4 amide bonds. The first kappa shape index (κ1) is 23.3. The van der Waals surface area contributed by atoms with Gasteiger partial charge in [0.15, 0.2) is 0 Å². The quantitative estimate of drug-likeness (QED) is 0.398. The first-order valence-electron chi connectivity index (χ1n) is 9.42. The highest BCUT2D eigenvalue weighted by molar-refractivity contribution is 6.42. The van der Waals surface area contributed by atoms with Crippen LogP contribution in [-0.2, 0) is 0 Å². The Hall–Kier alpha value is -3.36. The molecule has 0 atom stereocenters. The van der Waals surface area contributed by atoms with E-state index < -0.39 is 23.7 Å². The molecule has 6 nitrogen and oxygen atoms in total. The number of nitrogens with zero attached hydrogens (tertiary/aromatic N) is 1. The second kappa shape index (κ2) is 10.8. The molecule has 10 heteroatoms. The van der Waals surface area contributed by atoms with Crippen LogP contribution in [0, 0.1) is 11.6 Å². The lowest BCUT2D eigenvalue weighted by Gasteiger charge is -2.23. The van der Waals surface area contributed by atoms with E-state index in [1.807, 2.05) is 0 Å². The molecule has 0 fully saturated rings. The molecule has 32 heavy (non-hydrogen) atoms. The van der Waals surface area contributed by atoms with Gasteiger partial charge in [0.25, 0.3) is 0 Å². The third-order valence-electron chi connectivity index (χ3n) is 4.30. The first-order valence-corrected chi connectivity index (χ1v) is 10.2. The van der Waals surface area contributed by atoms with Crippen LogP contribution in [0.5, 0.6) is 0 Å². The van der Waals surface area contributed by atoms with E-state index in [1.54, 1.807) is 18.2 Å². The van der Waals surface area contributed by atoms with Crippen molar-refractivity contribution in [2.24, 2.45) is 0 Å². The van der Waals surface area contributed by atoms with Crippen LogP contribution in [0.15, 0.2) is 66.7 Å². The average molecular weight is 479 g/mol. The standard InChI is InChI=1S/C22H18Cl2F2N4O2/c23-17-10-7-15(13-18(17)24)28-21(31)27-11-12-30(16-8-5-14(25)6-9-16)22(32)29-20-4-2-1-3-19(20)26/h1-10,13H,11-12H2,(H,29,32)(H2,27,28,31). The number of amides is 4. The van der Waals surface area contributed by atoms with E-state index in [9.17, 15) is 18.4 Å². The summed E-state index contributed by atoms with van der Waals surface area (Å²) >= 11 is 11.8. The van der Waals surface area contributed by atoms with Crippen molar-refractivity contribution < 1.29 is 18.4 Å². The highest BCUT2D eigenvalue weighted by atomic mass is 35.5. The predicted octanol–water partition coefficient (Wildman–Crippen LogP) is 6.13. The minimum atomic E-state index is -0.645. The Morgan fingerprint density at radius 3 is 2.28 bits per heavy atom. The predicted molar refractivity (Wildman–Crippen MR) is 123 cm³/mol. The number of nitrogens with one attached hydrogen (secondary N) is 3. The fourth-order valence-corrected chi connectivity index (χ4v) is 3.04. The molecule has 0 unspecified atom stereocenters. The molecular weight excluding hydrogens is 461 g/mol. The molecule has 0 aliphatic heterocycles. The lowest BCUT2D eigenvalue weighted by atomic mass is 10.2. The summed E-state index contributed by atoms with van der Waals surface area (Å²) in [6, 6.07) is 14.4. The van der Waals surface area contributed by atoms with Crippen LogP contribution in [0.2, 0.25) is 10.0 Å². The minimum absolute atomic E-state index is 0.00469. The highest BCUT2D eigenvalue weighted by Crippen LogP contribution is 2.25. The van der Waals surface area contributed by atoms with Crippen LogP contribution in [0.1, 0.15) is 0 Å². The summed E-state index contributed by atoms with van der Waals surface area (Å²) in [5, 5.41) is 8.33. The molecule has 0 saturated heterocycles. The zero-order valence-electron chi connectivity index (χ0n) is 16.5. The largest absolute Gasteiger partial charge is 0.336 e. The molecule has 0 saturated carbocycles. The second-order valence-electron chi connectivity index (χ2n) is 6.55.